The van der Waals surface area contributed by atoms with E-state index in [-0.39, 0.29) is 11.1 Å². The molecular weight excluding hydrogens is 344 g/mol. The van der Waals surface area contributed by atoms with Crippen molar-refractivity contribution in [3.63, 3.8) is 0 Å². The third-order valence-corrected chi connectivity index (χ3v) is 3.08. The average molecular weight is 349 g/mol. The normalized spacial score (nSPS) is 12.3. The number of alkyl halides is 5. The van der Waals surface area contributed by atoms with Crippen LogP contribution in [0.2, 0.25) is 0 Å². The Hall–Kier alpha value is -2.85. The maximum Gasteiger partial charge on any atom is 0.435 e. The Kier molecular flexibility index (Phi) is 3.57. The number of nitrogens with zero attached hydrogens (tertiary/aromatic N) is 2. The van der Waals surface area contributed by atoms with Gasteiger partial charge in [0.25, 0.3) is 6.43 Å². The van der Waals surface area contributed by atoms with E-state index in [4.69, 9.17) is 0 Å². The number of hydrogen-bond acceptors (Lipinski definition) is 4. The molecule has 0 atom stereocenters. The van der Waals surface area contributed by atoms with Gasteiger partial charge in [-0.15, -0.1) is 0 Å². The first-order chi connectivity index (χ1) is 11.2. The van der Waals surface area contributed by atoms with Crippen LogP contribution in [0.3, 0.4) is 0 Å². The second kappa shape index (κ2) is 5.35. The molecule has 3 aromatic rings. The summed E-state index contributed by atoms with van der Waals surface area (Å²) in [5.41, 5.74) is -4.88. The van der Waals surface area contributed by atoms with Crippen molar-refractivity contribution < 1.29 is 30.8 Å². The molecule has 0 unspecified atom stereocenters. The molecule has 2 heterocycles. The Morgan fingerprint density at radius 1 is 1.21 bits per heavy atom. The summed E-state index contributed by atoms with van der Waals surface area (Å²) < 4.78 is 82.4. The fraction of sp³-hybridized carbons (Fsp3) is 0.154. The zero-order chi connectivity index (χ0) is 17.6. The fourth-order valence-electron chi connectivity index (χ4n) is 2.10. The van der Waals surface area contributed by atoms with Gasteiger partial charge in [0.2, 0.25) is 0 Å². The van der Waals surface area contributed by atoms with Gasteiger partial charge in [-0.1, -0.05) is 0 Å². The van der Waals surface area contributed by atoms with Gasteiger partial charge in [0, 0.05) is 5.56 Å². The molecule has 0 bridgehead atoms. The van der Waals surface area contributed by atoms with Crippen molar-refractivity contribution in [2.45, 2.75) is 12.6 Å². The topological polar surface area (TPSA) is 71.8 Å². The molecule has 0 saturated heterocycles. The van der Waals surface area contributed by atoms with Gasteiger partial charge >= 0.3 is 11.9 Å². The van der Waals surface area contributed by atoms with Gasteiger partial charge in [0.1, 0.15) is 11.2 Å². The minimum Gasteiger partial charge on any atom is -0.407 e. The van der Waals surface area contributed by atoms with Crippen LogP contribution in [-0.2, 0) is 6.18 Å². The summed E-state index contributed by atoms with van der Waals surface area (Å²) in [5.74, 6) is -1.92. The van der Waals surface area contributed by atoms with E-state index >= 15 is 0 Å². The number of nitrogens with one attached hydrogen (secondary N) is 1. The van der Waals surface area contributed by atoms with Crippen LogP contribution in [0.15, 0.2) is 27.5 Å². The molecule has 1 N–H and O–H groups in total. The third kappa shape index (κ3) is 2.61. The summed E-state index contributed by atoms with van der Waals surface area (Å²) in [5, 5.41) is 0. The van der Waals surface area contributed by atoms with Crippen LogP contribution < -0.4 is 5.76 Å². The second-order valence-electron chi connectivity index (χ2n) is 4.60. The first-order valence-corrected chi connectivity index (χ1v) is 6.22. The van der Waals surface area contributed by atoms with E-state index in [0.717, 1.165) is 12.1 Å². The smallest absolute Gasteiger partial charge is 0.407 e. The Morgan fingerprint density at radius 2 is 1.92 bits per heavy atom. The SMILES string of the molecule is O=c1[nH]c2c(F)ccc(-c3cnc(C(F)F)c(C(F)(F)F)n3)c2o1. The largest absolute Gasteiger partial charge is 0.435 e. The molecule has 0 saturated carbocycles. The molecule has 24 heavy (non-hydrogen) atoms. The van der Waals surface area contributed by atoms with Crippen molar-refractivity contribution >= 4 is 11.1 Å². The van der Waals surface area contributed by atoms with E-state index in [1.54, 1.807) is 0 Å². The summed E-state index contributed by atoms with van der Waals surface area (Å²) in [6, 6.07) is 1.86. The quantitative estimate of drug-likeness (QED) is 0.717. The molecular formula is C13H5F6N3O2. The maximum absolute atomic E-state index is 13.6. The Balaban J connectivity index is 2.28. The van der Waals surface area contributed by atoms with E-state index < -0.39 is 46.8 Å². The molecule has 0 radical (unpaired) electrons. The van der Waals surface area contributed by atoms with E-state index in [1.165, 1.54) is 0 Å². The predicted molar refractivity (Wildman–Crippen MR) is 67.8 cm³/mol. The summed E-state index contributed by atoms with van der Waals surface area (Å²) in [7, 11) is 0. The van der Waals surface area contributed by atoms with Crippen molar-refractivity contribution in [3.8, 4) is 11.3 Å². The molecule has 0 fully saturated rings. The zero-order valence-electron chi connectivity index (χ0n) is 11.3. The molecule has 2 aromatic heterocycles. The highest BCUT2D eigenvalue weighted by Crippen LogP contribution is 2.36. The molecule has 1 aromatic carbocycles. The lowest BCUT2D eigenvalue weighted by molar-refractivity contribution is -0.143. The maximum atomic E-state index is 13.6. The lowest BCUT2D eigenvalue weighted by Crippen LogP contribution is -2.14. The van der Waals surface area contributed by atoms with Crippen LogP contribution in [0.5, 0.6) is 0 Å². The van der Waals surface area contributed by atoms with Gasteiger partial charge in [-0.3, -0.25) is 9.97 Å². The number of halogens is 6. The van der Waals surface area contributed by atoms with E-state index in [2.05, 4.69) is 14.4 Å². The van der Waals surface area contributed by atoms with Gasteiger partial charge in [-0.2, -0.15) is 13.2 Å². The summed E-state index contributed by atoms with van der Waals surface area (Å²) in [4.78, 5) is 19.5. The van der Waals surface area contributed by atoms with E-state index in [9.17, 15) is 31.1 Å². The first-order valence-electron chi connectivity index (χ1n) is 6.22. The molecule has 0 spiro atoms. The number of oxazole rings is 1. The number of hydrogen-bond donors (Lipinski definition) is 1. The number of fused-ring (bicyclic) bond motifs is 1. The lowest BCUT2D eigenvalue weighted by Gasteiger charge is -2.12. The fourth-order valence-corrected chi connectivity index (χ4v) is 2.10. The van der Waals surface area contributed by atoms with Gasteiger partial charge in [-0.05, 0) is 12.1 Å². The van der Waals surface area contributed by atoms with Crippen LogP contribution in [0.25, 0.3) is 22.4 Å². The molecule has 126 valence electrons. The van der Waals surface area contributed by atoms with Crippen LogP contribution in [0, 0.1) is 5.82 Å². The minimum absolute atomic E-state index is 0.205. The van der Waals surface area contributed by atoms with Gasteiger partial charge < -0.3 is 4.42 Å². The first kappa shape index (κ1) is 16.0. The highest BCUT2D eigenvalue weighted by Gasteiger charge is 2.39. The predicted octanol–water partition coefficient (Wildman–Crippen LogP) is 3.67. The Bertz CT molecular complexity index is 976. The lowest BCUT2D eigenvalue weighted by atomic mass is 10.1. The Labute approximate surface area is 128 Å². The summed E-state index contributed by atoms with van der Waals surface area (Å²) in [6.45, 7) is 0. The highest BCUT2D eigenvalue weighted by molar-refractivity contribution is 5.89. The van der Waals surface area contributed by atoms with Crippen LogP contribution in [0.1, 0.15) is 17.8 Å². The highest BCUT2D eigenvalue weighted by atomic mass is 19.4. The summed E-state index contributed by atoms with van der Waals surface area (Å²) in [6.07, 6.45) is -8.00. The van der Waals surface area contributed by atoms with Crippen molar-refractivity contribution in [3.05, 3.63) is 46.1 Å². The third-order valence-electron chi connectivity index (χ3n) is 3.08. The molecule has 11 heteroatoms. The molecule has 0 aliphatic heterocycles. The van der Waals surface area contributed by atoms with E-state index in [1.807, 2.05) is 4.98 Å². The molecule has 0 aliphatic rings. The molecule has 3 rings (SSSR count). The average Bonchev–Trinajstić information content (AvgIpc) is 2.88. The van der Waals surface area contributed by atoms with Gasteiger partial charge in [0.15, 0.2) is 17.1 Å². The van der Waals surface area contributed by atoms with Gasteiger partial charge in [-0.25, -0.2) is 22.9 Å². The van der Waals surface area contributed by atoms with Crippen molar-refractivity contribution in [2.24, 2.45) is 0 Å². The zero-order valence-corrected chi connectivity index (χ0v) is 11.3. The number of benzene rings is 1. The number of H-pyrrole nitrogens is 1. The minimum atomic E-state index is -5.17. The van der Waals surface area contributed by atoms with Crippen LogP contribution >= 0.6 is 0 Å². The number of aromatic nitrogens is 3. The molecule has 0 aliphatic carbocycles. The van der Waals surface area contributed by atoms with E-state index in [0.29, 0.717) is 6.20 Å². The number of aromatic amines is 1. The van der Waals surface area contributed by atoms with Crippen molar-refractivity contribution in [1.29, 1.82) is 0 Å². The van der Waals surface area contributed by atoms with Crippen LogP contribution in [-0.4, -0.2) is 15.0 Å². The standard InChI is InChI=1S/C13H5F6N3O2/c14-5-2-1-4(9-7(5)22-12(23)24-9)6-3-20-8(11(15)16)10(21-6)13(17,18)19/h1-3,11H,(H,22,23). The monoisotopic (exact) mass is 349 g/mol. The van der Waals surface area contributed by atoms with Crippen molar-refractivity contribution in [1.82, 2.24) is 15.0 Å². The molecule has 0 amide bonds. The number of rotatable bonds is 2. The Morgan fingerprint density at radius 3 is 2.54 bits per heavy atom. The molecule has 5 nitrogen and oxygen atoms in total. The summed E-state index contributed by atoms with van der Waals surface area (Å²) >= 11 is 0. The van der Waals surface area contributed by atoms with Gasteiger partial charge in [0.05, 0.1) is 11.9 Å². The van der Waals surface area contributed by atoms with Crippen molar-refractivity contribution in [2.75, 3.05) is 0 Å². The van der Waals surface area contributed by atoms with Crippen LogP contribution in [0.4, 0.5) is 26.3 Å². The second-order valence-corrected chi connectivity index (χ2v) is 4.60.